The molecule has 4 nitrogen and oxygen atoms in total. The van der Waals surface area contributed by atoms with Crippen LogP contribution in [0.1, 0.15) is 38.3 Å². The second-order valence-corrected chi connectivity index (χ2v) is 5.94. The fraction of sp³-hybridized carbons (Fsp3) is 0.500. The average Bonchev–Trinajstić information content (AvgIpc) is 2.72. The molecule has 0 unspecified atom stereocenters. The molecule has 1 aromatic rings. The molecule has 2 rings (SSSR count). The molecular weight excluding hydrogens is 266 g/mol. The van der Waals surface area contributed by atoms with Crippen LogP contribution < -0.4 is 0 Å². The number of hydrogen-bond acceptors (Lipinski definition) is 2. The Morgan fingerprint density at radius 2 is 2.11 bits per heavy atom. The zero-order valence-corrected chi connectivity index (χ0v) is 11.8. The van der Waals surface area contributed by atoms with Crippen LogP contribution in [-0.2, 0) is 0 Å². The maximum Gasteiger partial charge on any atom is 0.408 e. The molecule has 1 aliphatic rings. The van der Waals surface area contributed by atoms with Gasteiger partial charge in [-0.1, -0.05) is 23.7 Å². The molecule has 2 N–H and O–H groups in total. The van der Waals surface area contributed by atoms with Gasteiger partial charge in [-0.3, -0.25) is 4.90 Å². The summed E-state index contributed by atoms with van der Waals surface area (Å²) in [6.07, 6.45) is 0.337. The van der Waals surface area contributed by atoms with Gasteiger partial charge in [0, 0.05) is 5.02 Å². The van der Waals surface area contributed by atoms with Crippen molar-refractivity contribution in [3.05, 3.63) is 34.9 Å². The molecule has 0 bridgehead atoms. The summed E-state index contributed by atoms with van der Waals surface area (Å²) >= 11 is 5.96. The van der Waals surface area contributed by atoms with E-state index in [-0.39, 0.29) is 6.04 Å². The summed E-state index contributed by atoms with van der Waals surface area (Å²) in [4.78, 5) is 12.9. The van der Waals surface area contributed by atoms with Gasteiger partial charge >= 0.3 is 6.09 Å². The summed E-state index contributed by atoms with van der Waals surface area (Å²) in [7, 11) is 0. The molecule has 0 saturated carbocycles. The minimum absolute atomic E-state index is 0.243. The minimum atomic E-state index is -1.05. The Kier molecular flexibility index (Phi) is 3.74. The first-order chi connectivity index (χ1) is 8.80. The van der Waals surface area contributed by atoms with Crippen molar-refractivity contribution < 1.29 is 15.0 Å². The van der Waals surface area contributed by atoms with Crippen LogP contribution in [0.25, 0.3) is 0 Å². The van der Waals surface area contributed by atoms with E-state index in [9.17, 15) is 15.0 Å². The van der Waals surface area contributed by atoms with Crippen LogP contribution in [0, 0.1) is 0 Å². The zero-order chi connectivity index (χ0) is 14.2. The number of likely N-dealkylation sites (tertiary alicyclic amines) is 1. The predicted molar refractivity (Wildman–Crippen MR) is 73.4 cm³/mol. The van der Waals surface area contributed by atoms with Crippen molar-refractivity contribution >= 4 is 17.7 Å². The molecular formula is C14H18ClNO3. The van der Waals surface area contributed by atoms with Crippen LogP contribution in [0.2, 0.25) is 5.02 Å². The van der Waals surface area contributed by atoms with E-state index in [0.29, 0.717) is 17.9 Å². The summed E-state index contributed by atoms with van der Waals surface area (Å²) in [5, 5.41) is 20.1. The molecule has 0 radical (unpaired) electrons. The third kappa shape index (κ3) is 2.85. The maximum absolute atomic E-state index is 11.5. The number of nitrogens with zero attached hydrogens (tertiary/aromatic N) is 1. The number of rotatable bonds is 2. The second-order valence-electron chi connectivity index (χ2n) is 5.51. The standard InChI is InChI=1S/C14H18ClNO3/c1-14(2,19)12-7-6-11(16(12)13(17)18)9-4-3-5-10(15)8-9/h3-5,8,11-12,19H,6-7H2,1-2H3,(H,17,18)/t11-,12+/m0/s1. The Morgan fingerprint density at radius 1 is 1.42 bits per heavy atom. The Hall–Kier alpha value is -1.26. The molecule has 2 atom stereocenters. The molecule has 1 fully saturated rings. The average molecular weight is 284 g/mol. The number of hydrogen-bond donors (Lipinski definition) is 2. The van der Waals surface area contributed by atoms with Gasteiger partial charge in [-0.15, -0.1) is 0 Å². The summed E-state index contributed by atoms with van der Waals surface area (Å²) in [5.41, 5.74) is -0.173. The van der Waals surface area contributed by atoms with E-state index in [1.54, 1.807) is 26.0 Å². The Labute approximate surface area is 117 Å². The lowest BCUT2D eigenvalue weighted by atomic mass is 9.97. The molecule has 19 heavy (non-hydrogen) atoms. The molecule has 1 aliphatic heterocycles. The van der Waals surface area contributed by atoms with Gasteiger partial charge in [0.25, 0.3) is 0 Å². The molecule has 104 valence electrons. The van der Waals surface area contributed by atoms with Crippen molar-refractivity contribution in [3.63, 3.8) is 0 Å². The number of carbonyl (C=O) groups is 1. The summed E-state index contributed by atoms with van der Waals surface area (Å²) in [5.74, 6) is 0. The van der Waals surface area contributed by atoms with Crippen LogP contribution in [-0.4, -0.2) is 32.8 Å². The highest BCUT2D eigenvalue weighted by Crippen LogP contribution is 2.40. The van der Waals surface area contributed by atoms with E-state index in [1.807, 2.05) is 12.1 Å². The van der Waals surface area contributed by atoms with Gasteiger partial charge in [0.05, 0.1) is 17.7 Å². The SMILES string of the molecule is CC(C)(O)[C@H]1CC[C@@H](c2cccc(Cl)c2)N1C(=O)O. The summed E-state index contributed by atoms with van der Waals surface area (Å²) < 4.78 is 0. The highest BCUT2D eigenvalue weighted by atomic mass is 35.5. The summed E-state index contributed by atoms with van der Waals surface area (Å²) in [6.45, 7) is 3.29. The van der Waals surface area contributed by atoms with Crippen molar-refractivity contribution in [3.8, 4) is 0 Å². The molecule has 1 amide bonds. The molecule has 5 heteroatoms. The normalized spacial score (nSPS) is 23.7. The number of amides is 1. The lowest BCUT2D eigenvalue weighted by Gasteiger charge is -2.35. The quantitative estimate of drug-likeness (QED) is 0.875. The number of carboxylic acid groups (broad SMARTS) is 1. The van der Waals surface area contributed by atoms with E-state index in [4.69, 9.17) is 11.6 Å². The van der Waals surface area contributed by atoms with E-state index in [0.717, 1.165) is 5.56 Å². The Morgan fingerprint density at radius 3 is 2.63 bits per heavy atom. The lowest BCUT2D eigenvalue weighted by Crippen LogP contribution is -2.48. The zero-order valence-electron chi connectivity index (χ0n) is 11.0. The lowest BCUT2D eigenvalue weighted by molar-refractivity contribution is -0.00673. The predicted octanol–water partition coefficient (Wildman–Crippen LogP) is 3.29. The van der Waals surface area contributed by atoms with Crippen molar-refractivity contribution in [1.82, 2.24) is 4.90 Å². The second kappa shape index (κ2) is 5.02. The first-order valence-corrected chi connectivity index (χ1v) is 6.67. The maximum atomic E-state index is 11.5. The first kappa shape index (κ1) is 14.2. The van der Waals surface area contributed by atoms with Gasteiger partial charge in [0.15, 0.2) is 0 Å². The smallest absolute Gasteiger partial charge is 0.408 e. The Bertz CT molecular complexity index is 484. The van der Waals surface area contributed by atoms with Gasteiger partial charge in [-0.25, -0.2) is 4.79 Å². The van der Waals surface area contributed by atoms with Crippen LogP contribution in [0.5, 0.6) is 0 Å². The van der Waals surface area contributed by atoms with E-state index >= 15 is 0 Å². The highest BCUT2D eigenvalue weighted by molar-refractivity contribution is 6.30. The van der Waals surface area contributed by atoms with E-state index in [2.05, 4.69) is 0 Å². The number of halogens is 1. The highest BCUT2D eigenvalue weighted by Gasteiger charge is 2.44. The van der Waals surface area contributed by atoms with Crippen LogP contribution in [0.15, 0.2) is 24.3 Å². The Balaban J connectivity index is 2.34. The monoisotopic (exact) mass is 283 g/mol. The molecule has 1 aromatic carbocycles. The van der Waals surface area contributed by atoms with Gasteiger partial charge in [0.2, 0.25) is 0 Å². The van der Waals surface area contributed by atoms with Gasteiger partial charge in [-0.2, -0.15) is 0 Å². The van der Waals surface area contributed by atoms with Crippen molar-refractivity contribution in [2.24, 2.45) is 0 Å². The number of benzene rings is 1. The first-order valence-electron chi connectivity index (χ1n) is 6.30. The van der Waals surface area contributed by atoms with Crippen molar-refractivity contribution in [2.45, 2.75) is 44.4 Å². The fourth-order valence-electron chi connectivity index (χ4n) is 2.81. The van der Waals surface area contributed by atoms with Crippen molar-refractivity contribution in [2.75, 3.05) is 0 Å². The van der Waals surface area contributed by atoms with E-state index < -0.39 is 17.7 Å². The third-order valence-electron chi connectivity index (χ3n) is 3.65. The molecule has 0 spiro atoms. The largest absolute Gasteiger partial charge is 0.465 e. The van der Waals surface area contributed by atoms with Gasteiger partial charge < -0.3 is 10.2 Å². The molecule has 1 heterocycles. The molecule has 1 saturated heterocycles. The fourth-order valence-corrected chi connectivity index (χ4v) is 3.01. The van der Waals surface area contributed by atoms with Crippen LogP contribution >= 0.6 is 11.6 Å². The number of aliphatic hydroxyl groups is 1. The molecule has 0 aromatic heterocycles. The van der Waals surface area contributed by atoms with Crippen molar-refractivity contribution in [1.29, 1.82) is 0 Å². The molecule has 0 aliphatic carbocycles. The topological polar surface area (TPSA) is 60.8 Å². The van der Waals surface area contributed by atoms with Gasteiger partial charge in [-0.05, 0) is 44.4 Å². The van der Waals surface area contributed by atoms with Gasteiger partial charge in [0.1, 0.15) is 0 Å². The summed E-state index contributed by atoms with van der Waals surface area (Å²) in [6, 6.07) is 6.60. The van der Waals surface area contributed by atoms with E-state index in [1.165, 1.54) is 4.90 Å². The van der Waals surface area contributed by atoms with Crippen LogP contribution in [0.3, 0.4) is 0 Å². The minimum Gasteiger partial charge on any atom is -0.465 e. The van der Waals surface area contributed by atoms with Crippen LogP contribution in [0.4, 0.5) is 4.79 Å². The third-order valence-corrected chi connectivity index (χ3v) is 3.89.